The molecular formula is C22H25NO7S. The quantitative estimate of drug-likeness (QED) is 0.465. The zero-order valence-corrected chi connectivity index (χ0v) is 18.2. The normalized spacial score (nSPS) is 17.0. The number of rotatable bonds is 9. The molecule has 2 atom stereocenters. The van der Waals surface area contributed by atoms with Crippen molar-refractivity contribution >= 4 is 27.5 Å². The van der Waals surface area contributed by atoms with E-state index in [9.17, 15) is 18.0 Å². The van der Waals surface area contributed by atoms with Gasteiger partial charge in [0.1, 0.15) is 12.4 Å². The number of hydrogen-bond acceptors (Lipinski definition) is 7. The zero-order chi connectivity index (χ0) is 22.4. The monoisotopic (exact) mass is 447 g/mol. The average molecular weight is 448 g/mol. The Kier molecular flexibility index (Phi) is 7.29. The molecule has 1 aliphatic heterocycles. The summed E-state index contributed by atoms with van der Waals surface area (Å²) in [5.74, 6) is -0.392. The van der Waals surface area contributed by atoms with Gasteiger partial charge in [0.15, 0.2) is 6.10 Å². The lowest BCUT2D eigenvalue weighted by Crippen LogP contribution is -2.24. The zero-order valence-electron chi connectivity index (χ0n) is 17.4. The molecule has 0 radical (unpaired) electrons. The Balaban J connectivity index is 1.53. The van der Waals surface area contributed by atoms with Crippen molar-refractivity contribution in [2.24, 2.45) is 0 Å². The molecule has 0 aromatic heterocycles. The van der Waals surface area contributed by atoms with E-state index in [0.29, 0.717) is 29.2 Å². The van der Waals surface area contributed by atoms with Crippen LogP contribution in [0.4, 0.5) is 5.69 Å². The van der Waals surface area contributed by atoms with Crippen LogP contribution in [0, 0.1) is 0 Å². The second-order valence-corrected chi connectivity index (χ2v) is 9.08. The highest BCUT2D eigenvalue weighted by atomic mass is 32.2. The van der Waals surface area contributed by atoms with Gasteiger partial charge in [0, 0.05) is 17.9 Å². The minimum absolute atomic E-state index is 0.104. The average Bonchev–Trinajstić information content (AvgIpc) is 3.25. The predicted molar refractivity (Wildman–Crippen MR) is 115 cm³/mol. The van der Waals surface area contributed by atoms with Gasteiger partial charge in [0.05, 0.1) is 17.9 Å². The lowest BCUT2D eigenvalue weighted by molar-refractivity contribution is 0.0318. The van der Waals surface area contributed by atoms with Crippen LogP contribution < -0.4 is 9.46 Å². The summed E-state index contributed by atoms with van der Waals surface area (Å²) in [5, 5.41) is 0. The lowest BCUT2D eigenvalue weighted by Gasteiger charge is -2.14. The molecule has 0 spiro atoms. The maximum atomic E-state index is 12.5. The molecule has 1 aliphatic rings. The van der Waals surface area contributed by atoms with Gasteiger partial charge in [-0.3, -0.25) is 9.52 Å². The number of hydrogen-bond donors (Lipinski definition) is 1. The molecule has 1 saturated heterocycles. The van der Waals surface area contributed by atoms with Crippen LogP contribution in [0.25, 0.3) is 0 Å². The number of nitrogens with one attached hydrogen (secondary N) is 1. The number of anilines is 1. The smallest absolute Gasteiger partial charge is 0.338 e. The minimum Gasteiger partial charge on any atom is -0.491 e. The SMILES string of the molecule is CC(OC(=O)c1ccc(OCC2CCCO2)cc1)C(=O)c1ccc(NS(C)(=O)=O)cc1. The van der Waals surface area contributed by atoms with Gasteiger partial charge in [-0.1, -0.05) is 0 Å². The third-order valence-electron chi connectivity index (χ3n) is 4.68. The Morgan fingerprint density at radius 3 is 2.32 bits per heavy atom. The fourth-order valence-corrected chi connectivity index (χ4v) is 3.65. The van der Waals surface area contributed by atoms with E-state index in [2.05, 4.69) is 4.72 Å². The van der Waals surface area contributed by atoms with Crippen molar-refractivity contribution in [3.8, 4) is 5.75 Å². The van der Waals surface area contributed by atoms with E-state index in [1.165, 1.54) is 31.2 Å². The van der Waals surface area contributed by atoms with Gasteiger partial charge in [-0.05, 0) is 68.3 Å². The molecule has 166 valence electrons. The van der Waals surface area contributed by atoms with Crippen molar-refractivity contribution < 1.29 is 32.2 Å². The Morgan fingerprint density at radius 1 is 1.10 bits per heavy atom. The molecule has 1 N–H and O–H groups in total. The van der Waals surface area contributed by atoms with E-state index >= 15 is 0 Å². The first-order valence-electron chi connectivity index (χ1n) is 9.89. The molecule has 2 aromatic rings. The molecule has 1 fully saturated rings. The molecule has 0 bridgehead atoms. The van der Waals surface area contributed by atoms with Crippen LogP contribution in [-0.2, 0) is 19.5 Å². The Hall–Kier alpha value is -2.91. The third kappa shape index (κ3) is 6.80. The number of carbonyl (C=O) groups is 2. The molecule has 9 heteroatoms. The predicted octanol–water partition coefficient (Wildman–Crippen LogP) is 3.04. The van der Waals surface area contributed by atoms with Crippen LogP contribution in [0.15, 0.2) is 48.5 Å². The largest absolute Gasteiger partial charge is 0.491 e. The highest BCUT2D eigenvalue weighted by Gasteiger charge is 2.21. The lowest BCUT2D eigenvalue weighted by atomic mass is 10.1. The molecule has 0 amide bonds. The number of Topliss-reactive ketones (excluding diaryl/α,β-unsaturated/α-hetero) is 1. The number of esters is 1. The van der Waals surface area contributed by atoms with E-state index in [0.717, 1.165) is 25.7 Å². The summed E-state index contributed by atoms with van der Waals surface area (Å²) in [6.45, 7) is 2.72. The maximum absolute atomic E-state index is 12.5. The number of sulfonamides is 1. The Bertz CT molecular complexity index is 1010. The van der Waals surface area contributed by atoms with Gasteiger partial charge in [-0.25, -0.2) is 13.2 Å². The number of carbonyl (C=O) groups excluding carboxylic acids is 2. The van der Waals surface area contributed by atoms with Crippen LogP contribution in [0.2, 0.25) is 0 Å². The summed E-state index contributed by atoms with van der Waals surface area (Å²) in [6, 6.07) is 12.4. The summed E-state index contributed by atoms with van der Waals surface area (Å²) < 4.78 is 41.3. The van der Waals surface area contributed by atoms with Gasteiger partial charge in [0.2, 0.25) is 15.8 Å². The molecule has 8 nitrogen and oxygen atoms in total. The van der Waals surface area contributed by atoms with Crippen LogP contribution in [0.5, 0.6) is 5.75 Å². The number of ketones is 1. The first-order valence-corrected chi connectivity index (χ1v) is 11.8. The Morgan fingerprint density at radius 2 is 1.74 bits per heavy atom. The minimum atomic E-state index is -3.40. The molecule has 2 unspecified atom stereocenters. The van der Waals surface area contributed by atoms with Crippen molar-refractivity contribution in [3.05, 3.63) is 59.7 Å². The van der Waals surface area contributed by atoms with Crippen molar-refractivity contribution in [2.45, 2.75) is 32.0 Å². The molecule has 3 rings (SSSR count). The summed E-state index contributed by atoms with van der Waals surface area (Å²) in [6.07, 6.45) is 2.16. The molecule has 0 aliphatic carbocycles. The fourth-order valence-electron chi connectivity index (χ4n) is 3.09. The van der Waals surface area contributed by atoms with E-state index in [1.807, 2.05) is 0 Å². The van der Waals surface area contributed by atoms with Gasteiger partial charge in [-0.15, -0.1) is 0 Å². The highest BCUT2D eigenvalue weighted by molar-refractivity contribution is 7.92. The summed E-state index contributed by atoms with van der Waals surface area (Å²) in [5.41, 5.74) is 0.944. The van der Waals surface area contributed by atoms with E-state index in [1.54, 1.807) is 24.3 Å². The van der Waals surface area contributed by atoms with Crippen molar-refractivity contribution in [3.63, 3.8) is 0 Å². The van der Waals surface area contributed by atoms with Gasteiger partial charge in [0.25, 0.3) is 0 Å². The first kappa shape index (κ1) is 22.8. The van der Waals surface area contributed by atoms with E-state index in [4.69, 9.17) is 14.2 Å². The summed E-state index contributed by atoms with van der Waals surface area (Å²) in [4.78, 5) is 24.9. The van der Waals surface area contributed by atoms with Crippen LogP contribution >= 0.6 is 0 Å². The number of benzene rings is 2. The van der Waals surface area contributed by atoms with E-state index < -0.39 is 27.9 Å². The third-order valence-corrected chi connectivity index (χ3v) is 5.28. The molecule has 1 heterocycles. The van der Waals surface area contributed by atoms with Gasteiger partial charge >= 0.3 is 5.97 Å². The summed E-state index contributed by atoms with van der Waals surface area (Å²) in [7, 11) is -3.40. The first-order chi connectivity index (χ1) is 14.7. The van der Waals surface area contributed by atoms with Crippen LogP contribution in [0.3, 0.4) is 0 Å². The maximum Gasteiger partial charge on any atom is 0.338 e. The van der Waals surface area contributed by atoms with Gasteiger partial charge < -0.3 is 14.2 Å². The van der Waals surface area contributed by atoms with Crippen LogP contribution in [-0.4, -0.2) is 51.8 Å². The number of ether oxygens (including phenoxy) is 3. The second-order valence-electron chi connectivity index (χ2n) is 7.33. The Labute approximate surface area is 181 Å². The van der Waals surface area contributed by atoms with E-state index in [-0.39, 0.29) is 6.10 Å². The van der Waals surface area contributed by atoms with Gasteiger partial charge in [-0.2, -0.15) is 0 Å². The molecular weight excluding hydrogens is 422 g/mol. The highest BCUT2D eigenvalue weighted by Crippen LogP contribution is 2.18. The topological polar surface area (TPSA) is 108 Å². The van der Waals surface area contributed by atoms with Crippen molar-refractivity contribution in [1.29, 1.82) is 0 Å². The standard InChI is InChI=1S/C22H25NO7S/c1-15(21(24)16-5-9-18(10-6-16)23-31(2,26)27)30-22(25)17-7-11-19(12-8-17)29-14-20-4-3-13-28-20/h5-12,15,20,23H,3-4,13-14H2,1-2H3. The molecule has 2 aromatic carbocycles. The summed E-state index contributed by atoms with van der Waals surface area (Å²) >= 11 is 0. The van der Waals surface area contributed by atoms with Crippen LogP contribution in [0.1, 0.15) is 40.5 Å². The molecule has 0 saturated carbocycles. The molecule has 31 heavy (non-hydrogen) atoms. The van der Waals surface area contributed by atoms with Crippen molar-refractivity contribution in [1.82, 2.24) is 0 Å². The van der Waals surface area contributed by atoms with Crippen molar-refractivity contribution in [2.75, 3.05) is 24.2 Å². The second kappa shape index (κ2) is 9.93. The fraction of sp³-hybridized carbons (Fsp3) is 0.364.